The zero-order valence-corrected chi connectivity index (χ0v) is 17.9. The van der Waals surface area contributed by atoms with Gasteiger partial charge in [-0.05, 0) is 56.5 Å². The number of ether oxygens (including phenoxy) is 1. The number of aromatic nitrogens is 2. The summed E-state index contributed by atoms with van der Waals surface area (Å²) in [5.74, 6) is -0.128. The molecule has 0 spiro atoms. The molecule has 156 valence electrons. The minimum Gasteiger partial charge on any atom is -0.376 e. The summed E-state index contributed by atoms with van der Waals surface area (Å²) < 4.78 is 7.41. The van der Waals surface area contributed by atoms with Gasteiger partial charge in [-0.2, -0.15) is 0 Å². The van der Waals surface area contributed by atoms with Crippen molar-refractivity contribution in [1.29, 1.82) is 0 Å². The number of amides is 1. The molecule has 6 nitrogen and oxygen atoms in total. The number of benzene rings is 2. The summed E-state index contributed by atoms with van der Waals surface area (Å²) >= 11 is 1.30. The number of carbonyl (C=O) groups excluding carboxylic acids is 1. The number of thioether (sulfide) groups is 1. The smallest absolute Gasteiger partial charge is 0.262 e. The van der Waals surface area contributed by atoms with Gasteiger partial charge in [0.1, 0.15) is 0 Å². The van der Waals surface area contributed by atoms with Gasteiger partial charge in [0.2, 0.25) is 5.91 Å². The van der Waals surface area contributed by atoms with E-state index in [0.29, 0.717) is 22.6 Å². The third kappa shape index (κ3) is 4.57. The molecule has 0 aliphatic carbocycles. The van der Waals surface area contributed by atoms with Gasteiger partial charge < -0.3 is 10.1 Å². The lowest BCUT2D eigenvalue weighted by Crippen LogP contribution is -2.30. The van der Waals surface area contributed by atoms with Crippen LogP contribution in [-0.2, 0) is 16.1 Å². The van der Waals surface area contributed by atoms with E-state index in [1.54, 1.807) is 10.6 Å². The van der Waals surface area contributed by atoms with E-state index < -0.39 is 5.25 Å². The molecule has 0 bridgehead atoms. The number of nitrogens with one attached hydrogen (secondary N) is 1. The molecule has 3 aromatic rings. The molecule has 0 radical (unpaired) electrons. The van der Waals surface area contributed by atoms with Crippen LogP contribution in [0.1, 0.15) is 25.3 Å². The first kappa shape index (κ1) is 20.6. The molecular weight excluding hydrogens is 398 g/mol. The topological polar surface area (TPSA) is 73.2 Å². The number of rotatable bonds is 6. The summed E-state index contributed by atoms with van der Waals surface area (Å²) in [7, 11) is 0. The highest BCUT2D eigenvalue weighted by Crippen LogP contribution is 2.25. The van der Waals surface area contributed by atoms with Gasteiger partial charge in [0, 0.05) is 12.3 Å². The van der Waals surface area contributed by atoms with Crippen LogP contribution < -0.4 is 10.9 Å². The second-order valence-corrected chi connectivity index (χ2v) is 8.89. The van der Waals surface area contributed by atoms with Crippen LogP contribution in [0.25, 0.3) is 10.9 Å². The maximum absolute atomic E-state index is 13.2. The number of anilines is 1. The summed E-state index contributed by atoms with van der Waals surface area (Å²) in [4.78, 5) is 30.6. The molecular formula is C23H25N3O3S. The van der Waals surface area contributed by atoms with E-state index in [1.807, 2.05) is 56.3 Å². The van der Waals surface area contributed by atoms with Gasteiger partial charge in [-0.25, -0.2) is 4.98 Å². The van der Waals surface area contributed by atoms with Gasteiger partial charge in [-0.15, -0.1) is 0 Å². The average Bonchev–Trinajstić information content (AvgIpc) is 3.24. The molecule has 1 fully saturated rings. The summed E-state index contributed by atoms with van der Waals surface area (Å²) in [6.45, 7) is 4.98. The Hall–Kier alpha value is -2.64. The summed E-state index contributed by atoms with van der Waals surface area (Å²) in [5, 5.41) is 3.65. The fraction of sp³-hybridized carbons (Fsp3) is 0.348. The van der Waals surface area contributed by atoms with Crippen molar-refractivity contribution >= 4 is 34.3 Å². The number of hydrogen-bond acceptors (Lipinski definition) is 5. The number of nitrogens with zero attached hydrogens (tertiary/aromatic N) is 2. The monoisotopic (exact) mass is 423 g/mol. The maximum atomic E-state index is 13.2. The highest BCUT2D eigenvalue weighted by molar-refractivity contribution is 8.00. The normalized spacial score (nSPS) is 17.2. The van der Waals surface area contributed by atoms with Crippen LogP contribution in [-0.4, -0.2) is 33.4 Å². The van der Waals surface area contributed by atoms with Gasteiger partial charge in [0.25, 0.3) is 5.56 Å². The second-order valence-electron chi connectivity index (χ2n) is 7.58. The van der Waals surface area contributed by atoms with Gasteiger partial charge in [-0.3, -0.25) is 14.2 Å². The third-order valence-corrected chi connectivity index (χ3v) is 6.26. The SMILES string of the molecule is Cc1cccc(NC(=O)C(C)Sc2nc3ccccc3c(=O)n2CC2CCCO2)c1. The molecule has 1 saturated heterocycles. The predicted octanol–water partition coefficient (Wildman–Crippen LogP) is 4.00. The van der Waals surface area contributed by atoms with Crippen LogP contribution in [0.2, 0.25) is 0 Å². The van der Waals surface area contributed by atoms with E-state index in [9.17, 15) is 9.59 Å². The highest BCUT2D eigenvalue weighted by atomic mass is 32.2. The summed E-state index contributed by atoms with van der Waals surface area (Å²) in [6, 6.07) is 15.0. The molecule has 2 heterocycles. The van der Waals surface area contributed by atoms with Crippen molar-refractivity contribution in [3.8, 4) is 0 Å². The van der Waals surface area contributed by atoms with E-state index >= 15 is 0 Å². The Balaban J connectivity index is 1.61. The zero-order chi connectivity index (χ0) is 21.1. The van der Waals surface area contributed by atoms with E-state index in [1.165, 1.54) is 11.8 Å². The fourth-order valence-electron chi connectivity index (χ4n) is 3.57. The van der Waals surface area contributed by atoms with Gasteiger partial charge in [-0.1, -0.05) is 36.0 Å². The molecule has 1 N–H and O–H groups in total. The molecule has 4 rings (SSSR count). The molecule has 0 saturated carbocycles. The lowest BCUT2D eigenvalue weighted by atomic mass is 10.2. The van der Waals surface area contributed by atoms with Crippen LogP contribution in [0.5, 0.6) is 0 Å². The second kappa shape index (κ2) is 9.02. The average molecular weight is 424 g/mol. The van der Waals surface area contributed by atoms with Crippen LogP contribution in [0.15, 0.2) is 58.5 Å². The minimum atomic E-state index is -0.422. The van der Waals surface area contributed by atoms with Crippen LogP contribution in [0.3, 0.4) is 0 Å². The van der Waals surface area contributed by atoms with Crippen molar-refractivity contribution in [1.82, 2.24) is 9.55 Å². The van der Waals surface area contributed by atoms with E-state index in [0.717, 1.165) is 30.7 Å². The van der Waals surface area contributed by atoms with Gasteiger partial charge >= 0.3 is 0 Å². The first-order valence-corrected chi connectivity index (χ1v) is 11.0. The van der Waals surface area contributed by atoms with Crippen molar-refractivity contribution in [3.63, 3.8) is 0 Å². The molecule has 1 amide bonds. The molecule has 2 aromatic carbocycles. The van der Waals surface area contributed by atoms with Crippen molar-refractivity contribution in [2.45, 2.75) is 49.7 Å². The van der Waals surface area contributed by atoms with E-state index in [2.05, 4.69) is 5.32 Å². The third-order valence-electron chi connectivity index (χ3n) is 5.17. The van der Waals surface area contributed by atoms with Gasteiger partial charge in [0.15, 0.2) is 5.16 Å². The van der Waals surface area contributed by atoms with E-state index in [-0.39, 0.29) is 17.6 Å². The number of aryl methyl sites for hydroxylation is 1. The first-order valence-electron chi connectivity index (χ1n) is 10.2. The lowest BCUT2D eigenvalue weighted by Gasteiger charge is -2.18. The summed E-state index contributed by atoms with van der Waals surface area (Å²) in [6.07, 6.45) is 1.92. The van der Waals surface area contributed by atoms with Crippen molar-refractivity contribution < 1.29 is 9.53 Å². The Morgan fingerprint density at radius 1 is 1.30 bits per heavy atom. The number of hydrogen-bond donors (Lipinski definition) is 1. The van der Waals surface area contributed by atoms with Crippen LogP contribution in [0.4, 0.5) is 5.69 Å². The molecule has 1 aliphatic rings. The number of fused-ring (bicyclic) bond motifs is 1. The van der Waals surface area contributed by atoms with Crippen molar-refractivity contribution in [3.05, 3.63) is 64.4 Å². The Morgan fingerprint density at radius 3 is 2.90 bits per heavy atom. The zero-order valence-electron chi connectivity index (χ0n) is 17.1. The molecule has 1 aromatic heterocycles. The Kier molecular flexibility index (Phi) is 6.20. The summed E-state index contributed by atoms with van der Waals surface area (Å²) in [5.41, 5.74) is 2.38. The van der Waals surface area contributed by atoms with Crippen LogP contribution >= 0.6 is 11.8 Å². The largest absolute Gasteiger partial charge is 0.376 e. The fourth-order valence-corrected chi connectivity index (χ4v) is 4.49. The van der Waals surface area contributed by atoms with Gasteiger partial charge in [0.05, 0.1) is 28.8 Å². The molecule has 1 aliphatic heterocycles. The Morgan fingerprint density at radius 2 is 2.13 bits per heavy atom. The Labute approximate surface area is 179 Å². The minimum absolute atomic E-state index is 0.00133. The maximum Gasteiger partial charge on any atom is 0.262 e. The van der Waals surface area contributed by atoms with Crippen molar-refractivity contribution in [2.24, 2.45) is 0 Å². The standard InChI is InChI=1S/C23H25N3O3S/c1-15-7-5-8-17(13-15)24-21(27)16(2)30-23-25-20-11-4-3-10-19(20)22(28)26(23)14-18-9-6-12-29-18/h3-5,7-8,10-11,13,16,18H,6,9,12,14H2,1-2H3,(H,24,27). The number of carbonyl (C=O) groups is 1. The van der Waals surface area contributed by atoms with E-state index in [4.69, 9.17) is 9.72 Å². The molecule has 2 unspecified atom stereocenters. The van der Waals surface area contributed by atoms with Crippen LogP contribution in [0, 0.1) is 6.92 Å². The number of para-hydroxylation sites is 1. The van der Waals surface area contributed by atoms with Crippen molar-refractivity contribution in [2.75, 3.05) is 11.9 Å². The molecule has 2 atom stereocenters. The Bertz CT molecular complexity index is 1120. The predicted molar refractivity (Wildman–Crippen MR) is 120 cm³/mol. The first-order chi connectivity index (χ1) is 14.5. The molecule has 7 heteroatoms. The lowest BCUT2D eigenvalue weighted by molar-refractivity contribution is -0.115. The highest BCUT2D eigenvalue weighted by Gasteiger charge is 2.23. The molecule has 30 heavy (non-hydrogen) atoms. The quantitative estimate of drug-likeness (QED) is 0.479.